The highest BCUT2D eigenvalue weighted by atomic mass is 16.5. The van der Waals surface area contributed by atoms with Gasteiger partial charge in [-0.25, -0.2) is 9.59 Å². The van der Waals surface area contributed by atoms with Crippen LogP contribution >= 0.6 is 0 Å². The summed E-state index contributed by atoms with van der Waals surface area (Å²) in [6.07, 6.45) is -0.587. The lowest BCUT2D eigenvalue weighted by Crippen LogP contribution is -2.26. The van der Waals surface area contributed by atoms with Crippen molar-refractivity contribution in [2.45, 2.75) is 5.92 Å². The molecule has 0 aromatic heterocycles. The summed E-state index contributed by atoms with van der Waals surface area (Å²) in [4.78, 5) is 23.4. The minimum absolute atomic E-state index is 0.00404. The Bertz CT molecular complexity index is 1180. The molecule has 6 nitrogen and oxygen atoms in total. The number of hydrogen-bond acceptors (Lipinski definition) is 4. The summed E-state index contributed by atoms with van der Waals surface area (Å²) in [6, 6.07) is 20.8. The van der Waals surface area contributed by atoms with Crippen molar-refractivity contribution in [2.24, 2.45) is 0 Å². The van der Waals surface area contributed by atoms with Crippen LogP contribution in [-0.2, 0) is 4.74 Å². The summed E-state index contributed by atoms with van der Waals surface area (Å²) in [5.74, 6) is 4.31. The zero-order valence-corrected chi connectivity index (χ0v) is 16.6. The average Bonchev–Trinajstić information content (AvgIpc) is 3.09. The van der Waals surface area contributed by atoms with E-state index in [1.54, 1.807) is 12.1 Å². The second kappa shape index (κ2) is 8.64. The second-order valence-corrected chi connectivity index (χ2v) is 7.06. The fourth-order valence-electron chi connectivity index (χ4n) is 3.79. The van der Waals surface area contributed by atoms with Crippen molar-refractivity contribution in [3.8, 4) is 23.0 Å². The molecule has 0 aliphatic heterocycles. The van der Waals surface area contributed by atoms with Crippen LogP contribution in [0.2, 0.25) is 0 Å². The molecule has 0 bridgehead atoms. The molecular weight excluding hydrogens is 392 g/mol. The van der Waals surface area contributed by atoms with Gasteiger partial charge < -0.3 is 20.9 Å². The number of benzene rings is 3. The molecule has 0 heterocycles. The maximum atomic E-state index is 12.2. The van der Waals surface area contributed by atoms with E-state index in [1.807, 2.05) is 24.3 Å². The summed E-state index contributed by atoms with van der Waals surface area (Å²) in [6.45, 7) is 0.214. The van der Waals surface area contributed by atoms with Crippen molar-refractivity contribution in [1.29, 1.82) is 0 Å². The van der Waals surface area contributed by atoms with E-state index in [2.05, 4.69) is 41.4 Å². The molecule has 0 saturated carbocycles. The summed E-state index contributed by atoms with van der Waals surface area (Å²) >= 11 is 0. The number of nitrogens with two attached hydrogens (primary N) is 1. The fraction of sp³-hybridized carbons (Fsp3) is 0.120. The summed E-state index contributed by atoms with van der Waals surface area (Å²) < 4.78 is 5.44. The molecule has 3 aromatic rings. The van der Waals surface area contributed by atoms with Crippen molar-refractivity contribution in [2.75, 3.05) is 18.9 Å². The number of carboxylic acids is 1. The predicted molar refractivity (Wildman–Crippen MR) is 118 cm³/mol. The van der Waals surface area contributed by atoms with Crippen molar-refractivity contribution in [3.63, 3.8) is 0 Å². The molecule has 4 rings (SSSR count). The topological polar surface area (TPSA) is 102 Å². The normalized spacial score (nSPS) is 11.6. The molecule has 0 unspecified atom stereocenters. The van der Waals surface area contributed by atoms with E-state index in [9.17, 15) is 14.7 Å². The number of amides is 1. The lowest BCUT2D eigenvalue weighted by atomic mass is 9.98. The predicted octanol–water partition coefficient (Wildman–Crippen LogP) is 3.86. The molecule has 154 valence electrons. The molecule has 4 N–H and O–H groups in total. The highest BCUT2D eigenvalue weighted by Gasteiger charge is 2.28. The average molecular weight is 412 g/mol. The van der Waals surface area contributed by atoms with Crippen LogP contribution in [0.15, 0.2) is 66.7 Å². The first-order valence-corrected chi connectivity index (χ1v) is 9.75. The van der Waals surface area contributed by atoms with Gasteiger partial charge in [0.1, 0.15) is 6.61 Å². The number of carboxylic acid groups (broad SMARTS) is 1. The maximum absolute atomic E-state index is 12.2. The number of fused-ring (bicyclic) bond motifs is 3. The largest absolute Gasteiger partial charge is 0.478 e. The van der Waals surface area contributed by atoms with Crippen molar-refractivity contribution < 1.29 is 19.4 Å². The lowest BCUT2D eigenvalue weighted by molar-refractivity contribution is 0.0696. The Kier molecular flexibility index (Phi) is 5.59. The van der Waals surface area contributed by atoms with E-state index in [0.29, 0.717) is 0 Å². The smallest absolute Gasteiger partial charge is 0.407 e. The van der Waals surface area contributed by atoms with Gasteiger partial charge in [-0.15, -0.1) is 0 Å². The summed E-state index contributed by atoms with van der Waals surface area (Å²) in [5, 5.41) is 11.8. The number of carbonyl (C=O) groups excluding carboxylic acids is 1. The third kappa shape index (κ3) is 4.07. The molecule has 0 fully saturated rings. The van der Waals surface area contributed by atoms with Crippen LogP contribution < -0.4 is 11.1 Å². The number of nitrogens with one attached hydrogen (secondary N) is 1. The van der Waals surface area contributed by atoms with Gasteiger partial charge in [0.2, 0.25) is 0 Å². The van der Waals surface area contributed by atoms with Gasteiger partial charge in [-0.05, 0) is 34.4 Å². The number of ether oxygens (including phenoxy) is 1. The van der Waals surface area contributed by atoms with Crippen LogP contribution in [0.4, 0.5) is 10.5 Å². The lowest BCUT2D eigenvalue weighted by Gasteiger charge is -2.14. The van der Waals surface area contributed by atoms with E-state index in [4.69, 9.17) is 10.5 Å². The van der Waals surface area contributed by atoms with Crippen molar-refractivity contribution in [3.05, 3.63) is 89.0 Å². The highest BCUT2D eigenvalue weighted by Crippen LogP contribution is 2.44. The van der Waals surface area contributed by atoms with Crippen molar-refractivity contribution >= 4 is 17.7 Å². The Labute approximate surface area is 179 Å². The fourth-order valence-corrected chi connectivity index (χ4v) is 3.79. The Hall–Kier alpha value is -4.24. The first-order valence-electron chi connectivity index (χ1n) is 9.75. The van der Waals surface area contributed by atoms with Crippen LogP contribution in [0.5, 0.6) is 0 Å². The molecule has 0 spiro atoms. The van der Waals surface area contributed by atoms with E-state index in [-0.39, 0.29) is 35.9 Å². The number of rotatable bonds is 4. The SMILES string of the molecule is Nc1cccc(C(=O)O)c1C#CCNC(=O)OCC1c2ccccc2-c2ccccc21. The molecular formula is C25H20N2O4. The number of aromatic carboxylic acids is 1. The molecule has 0 radical (unpaired) electrons. The monoisotopic (exact) mass is 412 g/mol. The van der Waals surface area contributed by atoms with Gasteiger partial charge in [0.25, 0.3) is 0 Å². The Morgan fingerprint density at radius 2 is 1.61 bits per heavy atom. The molecule has 1 aliphatic carbocycles. The maximum Gasteiger partial charge on any atom is 0.407 e. The van der Waals surface area contributed by atoms with Crippen LogP contribution in [0.1, 0.15) is 33.0 Å². The van der Waals surface area contributed by atoms with Gasteiger partial charge in [0, 0.05) is 11.6 Å². The summed E-state index contributed by atoms with van der Waals surface area (Å²) in [7, 11) is 0. The van der Waals surface area contributed by atoms with Gasteiger partial charge in [0.05, 0.1) is 17.7 Å². The minimum Gasteiger partial charge on any atom is -0.478 e. The van der Waals surface area contributed by atoms with E-state index in [1.165, 1.54) is 6.07 Å². The van der Waals surface area contributed by atoms with Crippen LogP contribution in [-0.4, -0.2) is 30.3 Å². The van der Waals surface area contributed by atoms with Crippen LogP contribution in [0, 0.1) is 11.8 Å². The number of hydrogen-bond donors (Lipinski definition) is 3. The molecule has 1 amide bonds. The van der Waals surface area contributed by atoms with Gasteiger partial charge >= 0.3 is 12.1 Å². The van der Waals surface area contributed by atoms with E-state index >= 15 is 0 Å². The first-order chi connectivity index (χ1) is 15.1. The summed E-state index contributed by atoms with van der Waals surface area (Å²) in [5.41, 5.74) is 10.9. The quantitative estimate of drug-likeness (QED) is 0.446. The Morgan fingerprint density at radius 1 is 0.968 bits per heavy atom. The van der Waals surface area contributed by atoms with Gasteiger partial charge in [-0.1, -0.05) is 66.4 Å². The van der Waals surface area contributed by atoms with Gasteiger partial charge in [-0.3, -0.25) is 0 Å². The molecule has 0 atom stereocenters. The second-order valence-electron chi connectivity index (χ2n) is 7.06. The standard InChI is InChI=1S/C25H20N2O4/c26-23-13-5-11-21(24(28)29)20(23)12-6-14-27-25(30)31-15-22-18-9-3-1-7-16(18)17-8-2-4-10-19(17)22/h1-5,7-11,13,22H,14-15,26H2,(H,27,30)(H,28,29). The number of alkyl carbamates (subject to hydrolysis) is 1. The first kappa shape index (κ1) is 20.0. The minimum atomic E-state index is -1.11. The van der Waals surface area contributed by atoms with E-state index in [0.717, 1.165) is 22.3 Å². The molecule has 6 heteroatoms. The zero-order valence-electron chi connectivity index (χ0n) is 16.6. The number of carbonyl (C=O) groups is 2. The molecule has 31 heavy (non-hydrogen) atoms. The molecule has 0 saturated heterocycles. The molecule has 1 aliphatic rings. The third-order valence-electron chi connectivity index (χ3n) is 5.21. The van der Waals surface area contributed by atoms with Crippen molar-refractivity contribution in [1.82, 2.24) is 5.32 Å². The number of anilines is 1. The molecule has 3 aromatic carbocycles. The van der Waals surface area contributed by atoms with Crippen LogP contribution in [0.25, 0.3) is 11.1 Å². The zero-order chi connectivity index (χ0) is 21.8. The van der Waals surface area contributed by atoms with E-state index < -0.39 is 12.1 Å². The Morgan fingerprint density at radius 3 is 2.26 bits per heavy atom. The van der Waals surface area contributed by atoms with Gasteiger partial charge in [-0.2, -0.15) is 0 Å². The highest BCUT2D eigenvalue weighted by molar-refractivity contribution is 5.93. The number of nitrogen functional groups attached to an aromatic ring is 1. The third-order valence-corrected chi connectivity index (χ3v) is 5.21. The Balaban J connectivity index is 1.38. The van der Waals surface area contributed by atoms with Gasteiger partial charge in [0.15, 0.2) is 0 Å². The van der Waals surface area contributed by atoms with Crippen LogP contribution in [0.3, 0.4) is 0 Å².